The van der Waals surface area contributed by atoms with Gasteiger partial charge in [0.2, 0.25) is 0 Å². The molecule has 2 heterocycles. The van der Waals surface area contributed by atoms with Gasteiger partial charge in [0.25, 0.3) is 0 Å². The molecule has 0 saturated carbocycles. The Balaban J connectivity index is 1.65. The first-order valence-corrected chi connectivity index (χ1v) is 7.51. The van der Waals surface area contributed by atoms with Crippen LogP contribution in [0.1, 0.15) is 32.8 Å². The summed E-state index contributed by atoms with van der Waals surface area (Å²) in [7, 11) is 0. The molecule has 2 atom stereocenters. The van der Waals surface area contributed by atoms with Crippen molar-refractivity contribution < 1.29 is 9.53 Å². The van der Waals surface area contributed by atoms with Crippen LogP contribution in [0.3, 0.4) is 0 Å². The molecule has 1 aliphatic carbocycles. The van der Waals surface area contributed by atoms with Gasteiger partial charge in [0.1, 0.15) is 5.60 Å². The van der Waals surface area contributed by atoms with E-state index in [0.717, 1.165) is 19.5 Å². The van der Waals surface area contributed by atoms with E-state index >= 15 is 0 Å². The van der Waals surface area contributed by atoms with Gasteiger partial charge in [-0.3, -0.25) is 4.98 Å². The van der Waals surface area contributed by atoms with Crippen LogP contribution in [0.5, 0.6) is 0 Å². The van der Waals surface area contributed by atoms with Crippen molar-refractivity contribution in [3.63, 3.8) is 0 Å². The number of carbonyl (C=O) groups excluding carboxylic acids is 1. The summed E-state index contributed by atoms with van der Waals surface area (Å²) < 4.78 is 5.45. The number of pyridine rings is 1. The predicted octanol–water partition coefficient (Wildman–Crippen LogP) is 3.35. The number of fused-ring (bicyclic) bond motifs is 1. The number of nitrogens with zero attached hydrogens (tertiary/aromatic N) is 2. The Hall–Kier alpha value is -1.84. The van der Waals surface area contributed by atoms with Crippen molar-refractivity contribution in [1.29, 1.82) is 0 Å². The lowest BCUT2D eigenvalue weighted by Crippen LogP contribution is -2.35. The molecule has 3 rings (SSSR count). The van der Waals surface area contributed by atoms with E-state index in [2.05, 4.69) is 17.1 Å². The van der Waals surface area contributed by atoms with Crippen molar-refractivity contribution in [3.8, 4) is 0 Å². The average Bonchev–Trinajstić information content (AvgIpc) is 2.95. The summed E-state index contributed by atoms with van der Waals surface area (Å²) in [5.74, 6) is 0.973. The molecule has 4 heteroatoms. The molecule has 0 radical (unpaired) electrons. The number of ether oxygens (including phenoxy) is 1. The Morgan fingerprint density at radius 2 is 2.19 bits per heavy atom. The number of rotatable bonds is 1. The van der Waals surface area contributed by atoms with Gasteiger partial charge in [-0.05, 0) is 56.2 Å². The summed E-state index contributed by atoms with van der Waals surface area (Å²) >= 11 is 0. The van der Waals surface area contributed by atoms with Crippen LogP contribution in [0.15, 0.2) is 30.6 Å². The second-order valence-electron chi connectivity index (χ2n) is 6.95. The number of allylic oxidation sites excluding steroid dienone is 1. The molecule has 0 bridgehead atoms. The molecule has 0 spiro atoms. The highest BCUT2D eigenvalue weighted by molar-refractivity contribution is 5.71. The summed E-state index contributed by atoms with van der Waals surface area (Å²) in [6.45, 7) is 7.27. The zero-order valence-electron chi connectivity index (χ0n) is 12.9. The lowest BCUT2D eigenvalue weighted by molar-refractivity contribution is 0.0285. The summed E-state index contributed by atoms with van der Waals surface area (Å²) in [5.41, 5.74) is 2.14. The Bertz CT molecular complexity index is 560. The molecule has 1 saturated heterocycles. The van der Waals surface area contributed by atoms with Gasteiger partial charge < -0.3 is 9.64 Å². The van der Waals surface area contributed by atoms with Gasteiger partial charge in [0, 0.05) is 25.5 Å². The molecule has 2 aliphatic rings. The van der Waals surface area contributed by atoms with Crippen molar-refractivity contribution in [2.75, 3.05) is 13.1 Å². The van der Waals surface area contributed by atoms with Crippen LogP contribution in [0, 0.1) is 11.8 Å². The molecule has 0 N–H and O–H groups in total. The van der Waals surface area contributed by atoms with Crippen LogP contribution in [0.4, 0.5) is 4.79 Å². The Morgan fingerprint density at radius 1 is 1.38 bits per heavy atom. The first-order chi connectivity index (χ1) is 9.92. The molecule has 1 aromatic rings. The van der Waals surface area contributed by atoms with Crippen LogP contribution in [0.25, 0.3) is 5.57 Å². The van der Waals surface area contributed by atoms with Crippen molar-refractivity contribution >= 4 is 11.7 Å². The SMILES string of the molecule is CC(C)(C)OC(=O)N1C[C@H]2CC(c3cccnc3)=C[C@H]2C1. The molecule has 1 aliphatic heterocycles. The van der Waals surface area contributed by atoms with E-state index in [1.54, 1.807) is 6.20 Å². The second-order valence-corrected chi connectivity index (χ2v) is 6.95. The fourth-order valence-corrected chi connectivity index (χ4v) is 3.15. The normalized spacial score (nSPS) is 24.7. The van der Waals surface area contributed by atoms with Crippen LogP contribution in [-0.2, 0) is 4.74 Å². The first-order valence-electron chi connectivity index (χ1n) is 7.51. The maximum absolute atomic E-state index is 12.1. The number of hydrogen-bond acceptors (Lipinski definition) is 3. The molecule has 1 amide bonds. The number of hydrogen-bond donors (Lipinski definition) is 0. The Labute approximate surface area is 125 Å². The van der Waals surface area contributed by atoms with Gasteiger partial charge in [0.15, 0.2) is 0 Å². The molecule has 4 nitrogen and oxygen atoms in total. The van der Waals surface area contributed by atoms with E-state index in [4.69, 9.17) is 4.74 Å². The van der Waals surface area contributed by atoms with Crippen molar-refractivity contribution in [1.82, 2.24) is 9.88 Å². The fraction of sp³-hybridized carbons (Fsp3) is 0.529. The van der Waals surface area contributed by atoms with E-state index in [1.165, 1.54) is 11.1 Å². The van der Waals surface area contributed by atoms with E-state index in [0.29, 0.717) is 11.8 Å². The minimum Gasteiger partial charge on any atom is -0.444 e. The molecule has 0 unspecified atom stereocenters. The number of amides is 1. The maximum atomic E-state index is 12.1. The van der Waals surface area contributed by atoms with Crippen molar-refractivity contribution in [2.45, 2.75) is 32.8 Å². The minimum absolute atomic E-state index is 0.187. The van der Waals surface area contributed by atoms with Crippen molar-refractivity contribution in [2.24, 2.45) is 11.8 Å². The summed E-state index contributed by atoms with van der Waals surface area (Å²) in [5, 5.41) is 0. The van der Waals surface area contributed by atoms with Gasteiger partial charge in [-0.25, -0.2) is 4.79 Å². The van der Waals surface area contributed by atoms with E-state index in [-0.39, 0.29) is 6.09 Å². The molecule has 21 heavy (non-hydrogen) atoms. The third-order valence-corrected chi connectivity index (χ3v) is 4.07. The number of likely N-dealkylation sites (tertiary alicyclic amines) is 1. The summed E-state index contributed by atoms with van der Waals surface area (Å²) in [6.07, 6.45) is 6.86. The highest BCUT2D eigenvalue weighted by Crippen LogP contribution is 2.41. The van der Waals surface area contributed by atoms with Crippen LogP contribution >= 0.6 is 0 Å². The van der Waals surface area contributed by atoms with Gasteiger partial charge in [-0.1, -0.05) is 12.1 Å². The average molecular weight is 286 g/mol. The van der Waals surface area contributed by atoms with Gasteiger partial charge in [-0.2, -0.15) is 0 Å². The Morgan fingerprint density at radius 3 is 2.81 bits per heavy atom. The lowest BCUT2D eigenvalue weighted by atomic mass is 9.99. The molecule has 1 aromatic heterocycles. The van der Waals surface area contributed by atoms with Crippen LogP contribution in [-0.4, -0.2) is 34.7 Å². The summed E-state index contributed by atoms with van der Waals surface area (Å²) in [6, 6.07) is 4.07. The van der Waals surface area contributed by atoms with E-state index < -0.39 is 5.60 Å². The van der Waals surface area contributed by atoms with Crippen molar-refractivity contribution in [3.05, 3.63) is 36.2 Å². The topological polar surface area (TPSA) is 42.4 Å². The standard InChI is InChI=1S/C17H22N2O2/c1-17(2,3)21-16(20)19-10-14-7-13(8-15(14)11-19)12-5-4-6-18-9-12/h4-7,9,14-15H,8,10-11H2,1-3H3/t14-,15+/m0/s1. The highest BCUT2D eigenvalue weighted by atomic mass is 16.6. The molecular weight excluding hydrogens is 264 g/mol. The molecule has 1 fully saturated rings. The Kier molecular flexibility index (Phi) is 3.47. The van der Waals surface area contributed by atoms with Gasteiger partial charge in [0.05, 0.1) is 0 Å². The number of carbonyl (C=O) groups is 1. The van der Waals surface area contributed by atoms with E-state index in [1.807, 2.05) is 37.9 Å². The van der Waals surface area contributed by atoms with Gasteiger partial charge >= 0.3 is 6.09 Å². The second kappa shape index (κ2) is 5.17. The first kappa shape index (κ1) is 14.1. The fourth-order valence-electron chi connectivity index (χ4n) is 3.15. The minimum atomic E-state index is -0.425. The largest absolute Gasteiger partial charge is 0.444 e. The quantitative estimate of drug-likeness (QED) is 0.795. The van der Waals surface area contributed by atoms with Gasteiger partial charge in [-0.15, -0.1) is 0 Å². The molecule has 112 valence electrons. The highest BCUT2D eigenvalue weighted by Gasteiger charge is 2.39. The predicted molar refractivity (Wildman–Crippen MR) is 81.6 cm³/mol. The lowest BCUT2D eigenvalue weighted by Gasteiger charge is -2.24. The molecular formula is C17H22N2O2. The monoisotopic (exact) mass is 286 g/mol. The zero-order chi connectivity index (χ0) is 15.0. The third kappa shape index (κ3) is 3.09. The van der Waals surface area contributed by atoms with Crippen LogP contribution < -0.4 is 0 Å². The summed E-state index contributed by atoms with van der Waals surface area (Å²) in [4.78, 5) is 18.1. The molecule has 0 aromatic carbocycles. The smallest absolute Gasteiger partial charge is 0.410 e. The number of aromatic nitrogens is 1. The maximum Gasteiger partial charge on any atom is 0.410 e. The van der Waals surface area contributed by atoms with E-state index in [9.17, 15) is 4.79 Å². The zero-order valence-corrected chi connectivity index (χ0v) is 12.9. The third-order valence-electron chi connectivity index (χ3n) is 4.07. The van der Waals surface area contributed by atoms with Crippen LogP contribution in [0.2, 0.25) is 0 Å².